The van der Waals surface area contributed by atoms with E-state index in [1.165, 1.54) is 0 Å². The summed E-state index contributed by atoms with van der Waals surface area (Å²) in [7, 11) is 8.47. The summed E-state index contributed by atoms with van der Waals surface area (Å²) in [6, 6.07) is 0. The van der Waals surface area contributed by atoms with E-state index < -0.39 is 0 Å². The molecule has 0 spiro atoms. The van der Waals surface area contributed by atoms with Crippen LogP contribution in [0.2, 0.25) is 0 Å². The van der Waals surface area contributed by atoms with E-state index in [9.17, 15) is 0 Å². The van der Waals surface area contributed by atoms with Crippen molar-refractivity contribution in [3.05, 3.63) is 0 Å². The summed E-state index contributed by atoms with van der Waals surface area (Å²) in [5.74, 6) is 3.12. The number of piperidine rings is 2. The quantitative estimate of drug-likeness (QED) is 0.579. The molecule has 200 valence electrons. The lowest BCUT2D eigenvalue weighted by molar-refractivity contribution is -0.0270. The van der Waals surface area contributed by atoms with E-state index in [-0.39, 0.29) is 22.2 Å². The minimum Gasteiger partial charge on any atom is -0.354 e. The fraction of sp³-hybridized carbons (Fsp3) is 0.889. The molecule has 2 N–H and O–H groups in total. The first-order valence-corrected chi connectivity index (χ1v) is 13.3. The van der Waals surface area contributed by atoms with E-state index in [1.807, 2.05) is 19.0 Å². The fourth-order valence-electron chi connectivity index (χ4n) is 6.64. The van der Waals surface area contributed by atoms with Gasteiger partial charge in [0.2, 0.25) is 17.8 Å². The first kappa shape index (κ1) is 27.9. The molecule has 2 saturated heterocycles. The first-order chi connectivity index (χ1) is 15.9. The van der Waals surface area contributed by atoms with Crippen LogP contribution in [0.1, 0.15) is 81.1 Å². The third-order valence-corrected chi connectivity index (χ3v) is 8.91. The van der Waals surface area contributed by atoms with E-state index in [0.29, 0.717) is 29.7 Å². The Hall–Kier alpha value is -1.67. The van der Waals surface area contributed by atoms with Crippen LogP contribution in [0.5, 0.6) is 0 Å². The summed E-state index contributed by atoms with van der Waals surface area (Å²) in [6.07, 6.45) is 4.60. The molecule has 8 nitrogen and oxygen atoms in total. The molecule has 0 bridgehead atoms. The van der Waals surface area contributed by atoms with Crippen LogP contribution in [0, 0.1) is 11.8 Å². The van der Waals surface area contributed by atoms with E-state index in [2.05, 4.69) is 89.9 Å². The van der Waals surface area contributed by atoms with Gasteiger partial charge in [-0.05, 0) is 107 Å². The number of rotatable bonds is 7. The zero-order valence-corrected chi connectivity index (χ0v) is 24.6. The summed E-state index contributed by atoms with van der Waals surface area (Å²) < 4.78 is 0. The Balaban J connectivity index is 1.69. The van der Waals surface area contributed by atoms with Gasteiger partial charge in [0.05, 0.1) is 0 Å². The molecule has 0 aliphatic carbocycles. The third-order valence-electron chi connectivity index (χ3n) is 8.91. The molecule has 0 aromatic carbocycles. The van der Waals surface area contributed by atoms with Gasteiger partial charge in [0.25, 0.3) is 0 Å². The molecule has 0 amide bonds. The highest BCUT2D eigenvalue weighted by Crippen LogP contribution is 2.41. The predicted octanol–water partition coefficient (Wildman–Crippen LogP) is 4.56. The maximum Gasteiger partial charge on any atom is 0.231 e. The van der Waals surface area contributed by atoms with Gasteiger partial charge < -0.3 is 15.5 Å². The van der Waals surface area contributed by atoms with Crippen molar-refractivity contribution in [1.29, 1.82) is 0 Å². The van der Waals surface area contributed by atoms with Crippen LogP contribution in [-0.4, -0.2) is 88.2 Å². The van der Waals surface area contributed by atoms with Crippen molar-refractivity contribution < 1.29 is 0 Å². The lowest BCUT2D eigenvalue weighted by Crippen LogP contribution is -2.59. The number of hydrogen-bond donors (Lipinski definition) is 2. The highest BCUT2D eigenvalue weighted by atomic mass is 15.3. The van der Waals surface area contributed by atoms with Crippen LogP contribution in [0.25, 0.3) is 0 Å². The van der Waals surface area contributed by atoms with Gasteiger partial charge in [0.1, 0.15) is 0 Å². The van der Waals surface area contributed by atoms with Crippen LogP contribution in [-0.2, 0) is 0 Å². The van der Waals surface area contributed by atoms with Crippen molar-refractivity contribution in [2.45, 2.75) is 103 Å². The molecule has 2 fully saturated rings. The maximum atomic E-state index is 4.77. The largest absolute Gasteiger partial charge is 0.354 e. The molecule has 3 rings (SSSR count). The summed E-state index contributed by atoms with van der Waals surface area (Å²) in [4.78, 5) is 21.1. The SMILES string of the molecule is CN(C)c1nc(NCC2CC(C)(C)N(C)C(C)(C)C2)nc(NCC2CC(C)(C)N(C)C(C)(C)C2)n1. The minimum atomic E-state index is 0.171. The summed E-state index contributed by atoms with van der Waals surface area (Å²) >= 11 is 0. The van der Waals surface area contributed by atoms with E-state index in [0.717, 1.165) is 38.8 Å². The highest BCUT2D eigenvalue weighted by Gasteiger charge is 2.44. The fourth-order valence-corrected chi connectivity index (χ4v) is 6.64. The van der Waals surface area contributed by atoms with Gasteiger partial charge in [-0.1, -0.05) is 0 Å². The molecular formula is C27H52N8. The Bertz CT molecular complexity index is 776. The second kappa shape index (κ2) is 9.66. The molecule has 8 heteroatoms. The van der Waals surface area contributed by atoms with E-state index in [1.54, 1.807) is 0 Å². The van der Waals surface area contributed by atoms with Crippen LogP contribution in [0.4, 0.5) is 17.8 Å². The number of likely N-dealkylation sites (tertiary alicyclic amines) is 2. The van der Waals surface area contributed by atoms with Crippen molar-refractivity contribution in [3.63, 3.8) is 0 Å². The van der Waals surface area contributed by atoms with Crippen LogP contribution >= 0.6 is 0 Å². The van der Waals surface area contributed by atoms with E-state index in [4.69, 9.17) is 15.0 Å². The lowest BCUT2D eigenvalue weighted by atomic mass is 9.74. The van der Waals surface area contributed by atoms with Gasteiger partial charge >= 0.3 is 0 Å². The predicted molar refractivity (Wildman–Crippen MR) is 148 cm³/mol. The summed E-state index contributed by atoms with van der Waals surface area (Å²) in [6.45, 7) is 20.5. The monoisotopic (exact) mass is 488 g/mol. The van der Waals surface area contributed by atoms with E-state index >= 15 is 0 Å². The van der Waals surface area contributed by atoms with Crippen molar-refractivity contribution in [2.24, 2.45) is 11.8 Å². The molecule has 1 aromatic heterocycles. The normalized spacial score (nSPS) is 24.8. The summed E-state index contributed by atoms with van der Waals surface area (Å²) in [5, 5.41) is 7.11. The Morgan fingerprint density at radius 3 is 1.26 bits per heavy atom. The van der Waals surface area contributed by atoms with Crippen LogP contribution < -0.4 is 15.5 Å². The zero-order chi connectivity index (χ0) is 26.4. The van der Waals surface area contributed by atoms with Crippen molar-refractivity contribution in [2.75, 3.05) is 56.8 Å². The second-order valence-electron chi connectivity index (χ2n) is 13.9. The molecule has 0 radical (unpaired) electrons. The Kier molecular flexibility index (Phi) is 7.70. The summed E-state index contributed by atoms with van der Waals surface area (Å²) in [5.41, 5.74) is 0.684. The van der Waals surface area contributed by atoms with Gasteiger partial charge in [-0.25, -0.2) is 0 Å². The number of aromatic nitrogens is 3. The second-order valence-corrected chi connectivity index (χ2v) is 13.9. The molecule has 2 aliphatic heterocycles. The number of hydrogen-bond acceptors (Lipinski definition) is 8. The lowest BCUT2D eigenvalue weighted by Gasteiger charge is -2.53. The van der Waals surface area contributed by atoms with Gasteiger partial charge in [-0.3, -0.25) is 9.80 Å². The molecule has 2 aliphatic rings. The minimum absolute atomic E-state index is 0.171. The highest BCUT2D eigenvalue weighted by molar-refractivity contribution is 5.43. The first-order valence-electron chi connectivity index (χ1n) is 13.3. The molecule has 0 unspecified atom stereocenters. The smallest absolute Gasteiger partial charge is 0.231 e. The molecule has 35 heavy (non-hydrogen) atoms. The average Bonchev–Trinajstić information content (AvgIpc) is 2.72. The molecule has 0 saturated carbocycles. The van der Waals surface area contributed by atoms with Crippen molar-refractivity contribution in [1.82, 2.24) is 24.8 Å². The number of anilines is 3. The van der Waals surface area contributed by atoms with Gasteiger partial charge in [-0.15, -0.1) is 0 Å². The molecular weight excluding hydrogens is 436 g/mol. The number of nitrogens with one attached hydrogen (secondary N) is 2. The molecule has 1 aromatic rings. The zero-order valence-electron chi connectivity index (χ0n) is 24.6. The topological polar surface area (TPSA) is 72.5 Å². The van der Waals surface area contributed by atoms with Crippen molar-refractivity contribution >= 4 is 17.8 Å². The maximum absolute atomic E-state index is 4.77. The van der Waals surface area contributed by atoms with Crippen LogP contribution in [0.3, 0.4) is 0 Å². The number of nitrogens with zero attached hydrogens (tertiary/aromatic N) is 6. The Morgan fingerprint density at radius 2 is 0.971 bits per heavy atom. The van der Waals surface area contributed by atoms with Crippen molar-refractivity contribution in [3.8, 4) is 0 Å². The van der Waals surface area contributed by atoms with Gasteiger partial charge in [0.15, 0.2) is 0 Å². The van der Waals surface area contributed by atoms with Crippen LogP contribution in [0.15, 0.2) is 0 Å². The Morgan fingerprint density at radius 1 is 0.657 bits per heavy atom. The Labute approximate surface area is 214 Å². The standard InChI is InChI=1S/C27H52N8/c1-24(2)13-19(14-25(3,4)34(24)11)17-28-21-30-22(32-23(31-21)33(9)10)29-18-20-15-26(5,6)35(12)27(7,8)16-20/h19-20H,13-18H2,1-12H3,(H2,28,29,30,31,32). The third kappa shape index (κ3) is 6.37. The molecule has 3 heterocycles. The van der Waals surface area contributed by atoms with Gasteiger partial charge in [-0.2, -0.15) is 15.0 Å². The van der Waals surface area contributed by atoms with Gasteiger partial charge in [0, 0.05) is 49.3 Å². The average molecular weight is 489 g/mol. The molecule has 0 atom stereocenters.